The van der Waals surface area contributed by atoms with E-state index in [1.54, 1.807) is 14.2 Å². The lowest BCUT2D eigenvalue weighted by Gasteiger charge is -2.29. The van der Waals surface area contributed by atoms with Crippen molar-refractivity contribution in [2.24, 2.45) is 11.8 Å². The van der Waals surface area contributed by atoms with E-state index in [2.05, 4.69) is 34.9 Å². The number of para-hydroxylation sites is 2. The molecule has 3 rings (SSSR count). The second-order valence-electron chi connectivity index (χ2n) is 7.77. The molecule has 0 atom stereocenters. The van der Waals surface area contributed by atoms with Crippen LogP contribution in [0.1, 0.15) is 36.8 Å². The maximum atomic E-state index is 5.43. The molecular weight excluding hydrogens is 348 g/mol. The van der Waals surface area contributed by atoms with E-state index in [-0.39, 0.29) is 0 Å². The Morgan fingerprint density at radius 3 is 1.46 bits per heavy atom. The molecule has 0 saturated heterocycles. The second-order valence-corrected chi connectivity index (χ2v) is 7.77. The van der Waals surface area contributed by atoms with Crippen LogP contribution < -0.4 is 20.1 Å². The van der Waals surface area contributed by atoms with Crippen LogP contribution in [0, 0.1) is 11.8 Å². The summed E-state index contributed by atoms with van der Waals surface area (Å²) in [5, 5.41) is 7.26. The third kappa shape index (κ3) is 5.98. The first-order valence-electron chi connectivity index (χ1n) is 10.5. The summed E-state index contributed by atoms with van der Waals surface area (Å²) in [6.07, 6.45) is 5.28. The topological polar surface area (TPSA) is 42.5 Å². The van der Waals surface area contributed by atoms with Gasteiger partial charge < -0.3 is 20.1 Å². The largest absolute Gasteiger partial charge is 0.496 e. The number of hydrogen-bond donors (Lipinski definition) is 2. The monoisotopic (exact) mass is 382 g/mol. The van der Waals surface area contributed by atoms with Gasteiger partial charge in [-0.05, 0) is 62.7 Å². The normalized spacial score (nSPS) is 19.4. The standard InChI is InChI=1S/C24H34N2O2/c1-27-23-9-5-3-7-21(23)17-25-15-19-11-13-20(14-12-19)16-26-18-22-8-4-6-10-24(22)28-2/h3-10,19-20,25-26H,11-18H2,1-2H3. The highest BCUT2D eigenvalue weighted by Crippen LogP contribution is 2.28. The van der Waals surface area contributed by atoms with Gasteiger partial charge in [-0.25, -0.2) is 0 Å². The van der Waals surface area contributed by atoms with Gasteiger partial charge in [0.15, 0.2) is 0 Å². The second kappa shape index (κ2) is 11.1. The Labute approximate surface area is 169 Å². The van der Waals surface area contributed by atoms with Crippen molar-refractivity contribution in [1.82, 2.24) is 10.6 Å². The average molecular weight is 383 g/mol. The van der Waals surface area contributed by atoms with Crippen molar-refractivity contribution in [3.05, 3.63) is 59.7 Å². The highest BCUT2D eigenvalue weighted by Gasteiger charge is 2.20. The fraction of sp³-hybridized carbons (Fsp3) is 0.500. The number of methoxy groups -OCH3 is 2. The minimum Gasteiger partial charge on any atom is -0.496 e. The third-order valence-electron chi connectivity index (χ3n) is 5.85. The van der Waals surface area contributed by atoms with E-state index in [4.69, 9.17) is 9.47 Å². The van der Waals surface area contributed by atoms with Gasteiger partial charge in [-0.3, -0.25) is 0 Å². The van der Waals surface area contributed by atoms with Crippen LogP contribution in [0.15, 0.2) is 48.5 Å². The van der Waals surface area contributed by atoms with Crippen molar-refractivity contribution in [2.45, 2.75) is 38.8 Å². The predicted molar refractivity (Wildman–Crippen MR) is 115 cm³/mol. The molecule has 2 N–H and O–H groups in total. The van der Waals surface area contributed by atoms with Gasteiger partial charge in [-0.2, -0.15) is 0 Å². The third-order valence-corrected chi connectivity index (χ3v) is 5.85. The molecule has 1 saturated carbocycles. The molecule has 28 heavy (non-hydrogen) atoms. The van der Waals surface area contributed by atoms with E-state index in [1.807, 2.05) is 24.3 Å². The van der Waals surface area contributed by atoms with Crippen LogP contribution in [0.4, 0.5) is 0 Å². The lowest BCUT2D eigenvalue weighted by atomic mass is 9.82. The van der Waals surface area contributed by atoms with Gasteiger partial charge in [0.2, 0.25) is 0 Å². The first-order chi connectivity index (χ1) is 13.8. The van der Waals surface area contributed by atoms with Gasteiger partial charge in [0, 0.05) is 24.2 Å². The van der Waals surface area contributed by atoms with Crippen molar-refractivity contribution < 1.29 is 9.47 Å². The van der Waals surface area contributed by atoms with Crippen molar-refractivity contribution in [1.29, 1.82) is 0 Å². The zero-order chi connectivity index (χ0) is 19.6. The predicted octanol–water partition coefficient (Wildman–Crippen LogP) is 4.39. The SMILES string of the molecule is COc1ccccc1CNCC1CCC(CNCc2ccccc2OC)CC1. The van der Waals surface area contributed by atoms with E-state index < -0.39 is 0 Å². The highest BCUT2D eigenvalue weighted by atomic mass is 16.5. The summed E-state index contributed by atoms with van der Waals surface area (Å²) in [4.78, 5) is 0. The smallest absolute Gasteiger partial charge is 0.123 e. The molecule has 4 heteroatoms. The van der Waals surface area contributed by atoms with E-state index >= 15 is 0 Å². The molecule has 2 aromatic carbocycles. The van der Waals surface area contributed by atoms with Crippen LogP contribution in [-0.4, -0.2) is 27.3 Å². The van der Waals surface area contributed by atoms with Gasteiger partial charge in [0.05, 0.1) is 14.2 Å². The molecule has 0 aliphatic heterocycles. The summed E-state index contributed by atoms with van der Waals surface area (Å²) in [5.41, 5.74) is 2.47. The Balaban J connectivity index is 1.32. The van der Waals surface area contributed by atoms with Crippen LogP contribution in [0.3, 0.4) is 0 Å². The molecule has 0 amide bonds. The van der Waals surface area contributed by atoms with Crippen LogP contribution in [0.2, 0.25) is 0 Å². The molecule has 2 aromatic rings. The van der Waals surface area contributed by atoms with Crippen LogP contribution in [-0.2, 0) is 13.1 Å². The quantitative estimate of drug-likeness (QED) is 0.640. The molecule has 152 valence electrons. The van der Waals surface area contributed by atoms with E-state index in [9.17, 15) is 0 Å². The summed E-state index contributed by atoms with van der Waals surface area (Å²) in [6, 6.07) is 16.5. The number of ether oxygens (including phenoxy) is 2. The summed E-state index contributed by atoms with van der Waals surface area (Å²) in [7, 11) is 3.48. The van der Waals surface area contributed by atoms with E-state index in [0.717, 1.165) is 49.5 Å². The van der Waals surface area contributed by atoms with E-state index in [1.165, 1.54) is 36.8 Å². The molecule has 0 heterocycles. The van der Waals surface area contributed by atoms with Crippen molar-refractivity contribution >= 4 is 0 Å². The fourth-order valence-corrected chi connectivity index (χ4v) is 4.16. The van der Waals surface area contributed by atoms with Crippen molar-refractivity contribution in [2.75, 3.05) is 27.3 Å². The molecule has 0 spiro atoms. The van der Waals surface area contributed by atoms with Gasteiger partial charge in [-0.1, -0.05) is 36.4 Å². The number of benzene rings is 2. The first-order valence-corrected chi connectivity index (χ1v) is 10.5. The van der Waals surface area contributed by atoms with Gasteiger partial charge in [-0.15, -0.1) is 0 Å². The molecule has 0 unspecified atom stereocenters. The Hall–Kier alpha value is -2.04. The van der Waals surface area contributed by atoms with Gasteiger partial charge in [0.25, 0.3) is 0 Å². The molecular formula is C24H34N2O2. The molecule has 4 nitrogen and oxygen atoms in total. The number of hydrogen-bond acceptors (Lipinski definition) is 4. The maximum absolute atomic E-state index is 5.43. The van der Waals surface area contributed by atoms with Crippen LogP contribution in [0.25, 0.3) is 0 Å². The lowest BCUT2D eigenvalue weighted by Crippen LogP contribution is -2.30. The fourth-order valence-electron chi connectivity index (χ4n) is 4.16. The Morgan fingerprint density at radius 1 is 0.679 bits per heavy atom. The number of nitrogens with one attached hydrogen (secondary N) is 2. The first kappa shape index (κ1) is 20.7. The Morgan fingerprint density at radius 2 is 1.07 bits per heavy atom. The minimum atomic E-state index is 0.792. The molecule has 1 aliphatic rings. The van der Waals surface area contributed by atoms with Crippen LogP contribution in [0.5, 0.6) is 11.5 Å². The number of rotatable bonds is 10. The molecule has 0 aromatic heterocycles. The molecule has 1 fully saturated rings. The molecule has 0 bridgehead atoms. The van der Waals surface area contributed by atoms with E-state index in [0.29, 0.717) is 0 Å². The summed E-state index contributed by atoms with van der Waals surface area (Å²) >= 11 is 0. The van der Waals surface area contributed by atoms with Crippen molar-refractivity contribution in [3.63, 3.8) is 0 Å². The maximum Gasteiger partial charge on any atom is 0.123 e. The summed E-state index contributed by atoms with van der Waals surface area (Å²) < 4.78 is 10.9. The van der Waals surface area contributed by atoms with Gasteiger partial charge >= 0.3 is 0 Å². The van der Waals surface area contributed by atoms with Crippen molar-refractivity contribution in [3.8, 4) is 11.5 Å². The lowest BCUT2D eigenvalue weighted by molar-refractivity contribution is 0.260. The average Bonchev–Trinajstić information content (AvgIpc) is 2.75. The van der Waals surface area contributed by atoms with Gasteiger partial charge in [0.1, 0.15) is 11.5 Å². The molecule has 0 radical (unpaired) electrons. The zero-order valence-electron chi connectivity index (χ0n) is 17.2. The Bertz CT molecular complexity index is 650. The zero-order valence-corrected chi connectivity index (χ0v) is 17.2. The van der Waals surface area contributed by atoms with Crippen LogP contribution >= 0.6 is 0 Å². The highest BCUT2D eigenvalue weighted by molar-refractivity contribution is 5.33. The molecule has 1 aliphatic carbocycles. The summed E-state index contributed by atoms with van der Waals surface area (Å²) in [6.45, 7) is 3.95. The summed E-state index contributed by atoms with van der Waals surface area (Å²) in [5.74, 6) is 3.53. The Kier molecular flexibility index (Phi) is 8.19. The minimum absolute atomic E-state index is 0.792.